The van der Waals surface area contributed by atoms with Crippen LogP contribution in [-0.4, -0.2) is 49.7 Å². The van der Waals surface area contributed by atoms with Crippen LogP contribution in [0.25, 0.3) is 0 Å². The minimum Gasteiger partial charge on any atom is -0.493 e. The molecule has 3 rings (SSSR count). The van der Waals surface area contributed by atoms with E-state index in [1.807, 2.05) is 51.1 Å². The summed E-state index contributed by atoms with van der Waals surface area (Å²) in [5.41, 5.74) is 0.381. The van der Waals surface area contributed by atoms with Crippen LogP contribution in [0.4, 0.5) is 0 Å². The Morgan fingerprint density at radius 1 is 0.975 bits per heavy atom. The summed E-state index contributed by atoms with van der Waals surface area (Å²) in [7, 11) is 0. The molecule has 1 unspecified atom stereocenters. The molecule has 8 heteroatoms. The lowest BCUT2D eigenvalue weighted by molar-refractivity contribution is -0.170. The Balaban J connectivity index is 1.43. The summed E-state index contributed by atoms with van der Waals surface area (Å²) in [6.45, 7) is 9.86. The molecule has 218 valence electrons. The van der Waals surface area contributed by atoms with E-state index in [4.69, 9.17) is 14.2 Å². The minimum absolute atomic E-state index is 0.0841. The van der Waals surface area contributed by atoms with E-state index >= 15 is 0 Å². The number of rotatable bonds is 13. The molecule has 1 fully saturated rings. The van der Waals surface area contributed by atoms with Crippen molar-refractivity contribution in [1.82, 2.24) is 10.6 Å². The monoisotopic (exact) mass is 552 g/mol. The van der Waals surface area contributed by atoms with E-state index < -0.39 is 22.9 Å². The zero-order valence-electron chi connectivity index (χ0n) is 24.3. The maximum Gasteiger partial charge on any atom is 0.312 e. The van der Waals surface area contributed by atoms with Crippen molar-refractivity contribution >= 4 is 17.8 Å². The van der Waals surface area contributed by atoms with Gasteiger partial charge in [-0.1, -0.05) is 43.3 Å². The maximum absolute atomic E-state index is 13.0. The van der Waals surface area contributed by atoms with Gasteiger partial charge in [-0.05, 0) is 84.2 Å². The van der Waals surface area contributed by atoms with Crippen LogP contribution in [0.5, 0.6) is 5.75 Å². The minimum atomic E-state index is -0.501. The number of unbranched alkanes of at least 4 members (excludes halogenated alkanes) is 1. The van der Waals surface area contributed by atoms with Crippen LogP contribution in [0.2, 0.25) is 0 Å². The summed E-state index contributed by atoms with van der Waals surface area (Å²) in [6, 6.07) is 16.4. The topological polar surface area (TPSA) is 103 Å². The first-order valence-corrected chi connectivity index (χ1v) is 14.2. The van der Waals surface area contributed by atoms with Crippen molar-refractivity contribution in [2.75, 3.05) is 26.2 Å². The number of carbonyl (C=O) groups excluding carboxylic acids is 3. The number of piperidine rings is 1. The first-order chi connectivity index (χ1) is 19.1. The highest BCUT2D eigenvalue weighted by Gasteiger charge is 2.41. The van der Waals surface area contributed by atoms with Gasteiger partial charge in [0.15, 0.2) is 0 Å². The lowest BCUT2D eigenvalue weighted by Gasteiger charge is -2.37. The first kappa shape index (κ1) is 31.1. The maximum atomic E-state index is 13.0. The van der Waals surface area contributed by atoms with Gasteiger partial charge >= 0.3 is 11.9 Å². The van der Waals surface area contributed by atoms with Crippen molar-refractivity contribution in [3.63, 3.8) is 0 Å². The van der Waals surface area contributed by atoms with Crippen LogP contribution < -0.4 is 15.4 Å². The molecule has 0 radical (unpaired) electrons. The molecule has 1 atom stereocenters. The Morgan fingerprint density at radius 2 is 1.65 bits per heavy atom. The van der Waals surface area contributed by atoms with Gasteiger partial charge < -0.3 is 24.8 Å². The molecule has 0 bridgehead atoms. The van der Waals surface area contributed by atoms with Crippen molar-refractivity contribution < 1.29 is 28.6 Å². The molecule has 1 heterocycles. The number of nitrogens with one attached hydrogen (secondary N) is 2. The predicted molar refractivity (Wildman–Crippen MR) is 154 cm³/mol. The lowest BCUT2D eigenvalue weighted by Crippen LogP contribution is -2.45. The average molecular weight is 553 g/mol. The first-order valence-electron chi connectivity index (χ1n) is 14.2. The Morgan fingerprint density at radius 3 is 2.35 bits per heavy atom. The Hall–Kier alpha value is -3.39. The van der Waals surface area contributed by atoms with Crippen LogP contribution in [0.15, 0.2) is 54.6 Å². The molecule has 40 heavy (non-hydrogen) atoms. The van der Waals surface area contributed by atoms with Crippen molar-refractivity contribution in [3.8, 4) is 5.75 Å². The predicted octanol–water partition coefficient (Wildman–Crippen LogP) is 5.06. The van der Waals surface area contributed by atoms with Crippen molar-refractivity contribution in [2.45, 2.75) is 72.0 Å². The normalized spacial score (nSPS) is 15.5. The SMILES string of the molecule is CC(CNC(=O)c1ccccc1)C(=O)OCc1ccccc1OCCCCC1(C(=O)OC(C)(C)C)CCNCC1. The van der Waals surface area contributed by atoms with Gasteiger partial charge in [0.1, 0.15) is 18.0 Å². The van der Waals surface area contributed by atoms with Gasteiger partial charge in [0.25, 0.3) is 5.91 Å². The average Bonchev–Trinajstić information content (AvgIpc) is 2.94. The number of hydrogen-bond acceptors (Lipinski definition) is 7. The van der Waals surface area contributed by atoms with E-state index in [2.05, 4.69) is 10.6 Å². The molecule has 2 N–H and O–H groups in total. The molecule has 2 aromatic rings. The molecular weight excluding hydrogens is 508 g/mol. The highest BCUT2D eigenvalue weighted by Crippen LogP contribution is 2.37. The van der Waals surface area contributed by atoms with Gasteiger partial charge in [0.2, 0.25) is 0 Å². The highest BCUT2D eigenvalue weighted by atomic mass is 16.6. The van der Waals surface area contributed by atoms with E-state index in [1.165, 1.54) is 0 Å². The molecule has 8 nitrogen and oxygen atoms in total. The zero-order chi connectivity index (χ0) is 29.0. The molecule has 0 saturated carbocycles. The highest BCUT2D eigenvalue weighted by molar-refractivity contribution is 5.94. The lowest BCUT2D eigenvalue weighted by atomic mass is 9.75. The van der Waals surface area contributed by atoms with Crippen molar-refractivity contribution in [1.29, 1.82) is 0 Å². The van der Waals surface area contributed by atoms with Crippen LogP contribution in [0.3, 0.4) is 0 Å². The second-order valence-electron chi connectivity index (χ2n) is 11.5. The summed E-state index contributed by atoms with van der Waals surface area (Å²) < 4.78 is 17.3. The standard InChI is InChI=1S/C32H44N2O6/c1-24(22-34-28(35)25-12-6-5-7-13-25)29(36)39-23-26-14-8-9-15-27(26)38-21-11-10-16-32(17-19-33-20-18-32)30(37)40-31(2,3)4/h5-9,12-15,24,33H,10-11,16-23H2,1-4H3,(H,34,35). The third kappa shape index (κ3) is 9.66. The second kappa shape index (κ2) is 14.8. The van der Waals surface area contributed by atoms with Gasteiger partial charge in [0, 0.05) is 17.7 Å². The number of benzene rings is 2. The molecule has 1 aliphatic heterocycles. The molecule has 0 aliphatic carbocycles. The molecule has 1 amide bonds. The van der Waals surface area contributed by atoms with Crippen molar-refractivity contribution in [3.05, 3.63) is 65.7 Å². The van der Waals surface area contributed by atoms with Gasteiger partial charge in [-0.25, -0.2) is 0 Å². The number of ether oxygens (including phenoxy) is 3. The molecular formula is C32H44N2O6. The van der Waals surface area contributed by atoms with E-state index in [0.29, 0.717) is 17.9 Å². The Bertz CT molecular complexity index is 1110. The van der Waals surface area contributed by atoms with Gasteiger partial charge in [0.05, 0.1) is 17.9 Å². The largest absolute Gasteiger partial charge is 0.493 e. The Labute approximate surface area is 238 Å². The van der Waals surface area contributed by atoms with E-state index in [1.54, 1.807) is 31.2 Å². The molecule has 0 spiro atoms. The fourth-order valence-electron chi connectivity index (χ4n) is 4.67. The summed E-state index contributed by atoms with van der Waals surface area (Å²) in [4.78, 5) is 37.8. The fraction of sp³-hybridized carbons (Fsp3) is 0.531. The number of hydrogen-bond donors (Lipinski definition) is 2. The second-order valence-corrected chi connectivity index (χ2v) is 11.5. The summed E-state index contributed by atoms with van der Waals surface area (Å²) in [5.74, 6) is -0.533. The summed E-state index contributed by atoms with van der Waals surface area (Å²) in [5, 5.41) is 6.12. The summed E-state index contributed by atoms with van der Waals surface area (Å²) >= 11 is 0. The number of amides is 1. The van der Waals surface area contributed by atoms with E-state index in [-0.39, 0.29) is 25.0 Å². The molecule has 1 aliphatic rings. The smallest absolute Gasteiger partial charge is 0.312 e. The van der Waals surface area contributed by atoms with Gasteiger partial charge in [-0.3, -0.25) is 14.4 Å². The Kier molecular flexibility index (Phi) is 11.6. The van der Waals surface area contributed by atoms with E-state index in [0.717, 1.165) is 50.8 Å². The van der Waals surface area contributed by atoms with Crippen LogP contribution >= 0.6 is 0 Å². The van der Waals surface area contributed by atoms with Crippen LogP contribution in [-0.2, 0) is 25.7 Å². The molecule has 0 aromatic heterocycles. The van der Waals surface area contributed by atoms with Crippen LogP contribution in [0, 0.1) is 11.3 Å². The zero-order valence-corrected chi connectivity index (χ0v) is 24.3. The third-order valence-electron chi connectivity index (χ3n) is 7.05. The third-order valence-corrected chi connectivity index (χ3v) is 7.05. The molecule has 2 aromatic carbocycles. The quantitative estimate of drug-likeness (QED) is 0.265. The van der Waals surface area contributed by atoms with E-state index in [9.17, 15) is 14.4 Å². The number of esters is 2. The molecule has 1 saturated heterocycles. The van der Waals surface area contributed by atoms with Crippen LogP contribution in [0.1, 0.15) is 75.7 Å². The van der Waals surface area contributed by atoms with Gasteiger partial charge in [-0.2, -0.15) is 0 Å². The summed E-state index contributed by atoms with van der Waals surface area (Å²) in [6.07, 6.45) is 3.98. The fourth-order valence-corrected chi connectivity index (χ4v) is 4.67. The number of para-hydroxylation sites is 1. The van der Waals surface area contributed by atoms with Crippen molar-refractivity contribution in [2.24, 2.45) is 11.3 Å². The number of carbonyl (C=O) groups is 3. The van der Waals surface area contributed by atoms with Gasteiger partial charge in [-0.15, -0.1) is 0 Å².